The fraction of sp³-hybridized carbons (Fsp3) is 0.143. The molecule has 6 nitrogen and oxygen atoms in total. The summed E-state index contributed by atoms with van der Waals surface area (Å²) in [5, 5.41) is 5.00. The van der Waals surface area contributed by atoms with Crippen LogP contribution >= 0.6 is 23.2 Å². The van der Waals surface area contributed by atoms with Gasteiger partial charge in [-0.1, -0.05) is 23.2 Å². The van der Waals surface area contributed by atoms with Crippen LogP contribution in [-0.2, 0) is 4.79 Å². The van der Waals surface area contributed by atoms with Crippen LogP contribution in [0.3, 0.4) is 0 Å². The van der Waals surface area contributed by atoms with Crippen molar-refractivity contribution in [1.29, 1.82) is 0 Å². The number of hydrogen-bond acceptors (Lipinski definition) is 5. The minimum atomic E-state index is -0.400. The number of nitrogens with zero attached hydrogens (tertiary/aromatic N) is 1. The largest absolute Gasteiger partial charge is 0.495 e. The van der Waals surface area contributed by atoms with Gasteiger partial charge in [-0.2, -0.15) is 5.10 Å². The SMILES string of the molecule is COc1ccc(-c2ccc(/C=N/NC(=O)COc3ccc(Cl)c(C)c3)o2)cc1Cl. The third-order valence-electron chi connectivity index (χ3n) is 3.94. The second-order valence-electron chi connectivity index (χ2n) is 6.04. The van der Waals surface area contributed by atoms with E-state index in [9.17, 15) is 4.79 Å². The van der Waals surface area contributed by atoms with Gasteiger partial charge in [-0.05, 0) is 61.0 Å². The Labute approximate surface area is 178 Å². The molecule has 0 saturated heterocycles. The Morgan fingerprint density at radius 2 is 1.97 bits per heavy atom. The summed E-state index contributed by atoms with van der Waals surface area (Å²) in [6.07, 6.45) is 1.40. The molecule has 29 heavy (non-hydrogen) atoms. The number of hydrogen-bond donors (Lipinski definition) is 1. The highest BCUT2D eigenvalue weighted by Crippen LogP contribution is 2.30. The topological polar surface area (TPSA) is 73.1 Å². The highest BCUT2D eigenvalue weighted by Gasteiger charge is 2.08. The van der Waals surface area contributed by atoms with Crippen molar-refractivity contribution in [3.8, 4) is 22.8 Å². The fourth-order valence-electron chi connectivity index (χ4n) is 2.45. The molecule has 0 bridgehead atoms. The van der Waals surface area contributed by atoms with Crippen molar-refractivity contribution in [2.24, 2.45) is 5.10 Å². The summed E-state index contributed by atoms with van der Waals surface area (Å²) >= 11 is 12.1. The summed E-state index contributed by atoms with van der Waals surface area (Å²) in [4.78, 5) is 11.8. The van der Waals surface area contributed by atoms with Gasteiger partial charge in [0.05, 0.1) is 18.3 Å². The Morgan fingerprint density at radius 3 is 2.69 bits per heavy atom. The van der Waals surface area contributed by atoms with Gasteiger partial charge in [0, 0.05) is 10.6 Å². The molecule has 2 aromatic carbocycles. The minimum absolute atomic E-state index is 0.174. The van der Waals surface area contributed by atoms with Gasteiger partial charge in [-0.25, -0.2) is 5.43 Å². The van der Waals surface area contributed by atoms with E-state index in [0.29, 0.717) is 33.1 Å². The van der Waals surface area contributed by atoms with Gasteiger partial charge >= 0.3 is 0 Å². The number of benzene rings is 2. The second-order valence-corrected chi connectivity index (χ2v) is 6.86. The fourth-order valence-corrected chi connectivity index (χ4v) is 2.83. The van der Waals surface area contributed by atoms with Crippen LogP contribution in [0.5, 0.6) is 11.5 Å². The Balaban J connectivity index is 1.53. The molecule has 0 aliphatic carbocycles. The first-order valence-electron chi connectivity index (χ1n) is 8.61. The van der Waals surface area contributed by atoms with Crippen molar-refractivity contribution < 1.29 is 18.7 Å². The summed E-state index contributed by atoms with van der Waals surface area (Å²) in [5.74, 6) is 1.83. The Bertz CT molecular complexity index is 1050. The lowest BCUT2D eigenvalue weighted by Gasteiger charge is -2.06. The van der Waals surface area contributed by atoms with Gasteiger partial charge in [-0.3, -0.25) is 4.79 Å². The Hall–Kier alpha value is -2.96. The first-order valence-corrected chi connectivity index (χ1v) is 9.36. The third-order valence-corrected chi connectivity index (χ3v) is 4.66. The number of carbonyl (C=O) groups excluding carboxylic acids is 1. The van der Waals surface area contributed by atoms with Crippen molar-refractivity contribution in [3.63, 3.8) is 0 Å². The molecule has 0 atom stereocenters. The van der Waals surface area contributed by atoms with Crippen molar-refractivity contribution in [2.75, 3.05) is 13.7 Å². The van der Waals surface area contributed by atoms with E-state index in [1.54, 1.807) is 49.6 Å². The molecule has 0 radical (unpaired) electrons. The molecule has 8 heteroatoms. The monoisotopic (exact) mass is 432 g/mol. The van der Waals surface area contributed by atoms with Crippen LogP contribution in [0.2, 0.25) is 10.0 Å². The lowest BCUT2D eigenvalue weighted by molar-refractivity contribution is -0.123. The van der Waals surface area contributed by atoms with Crippen molar-refractivity contribution in [3.05, 3.63) is 69.9 Å². The number of ether oxygens (including phenoxy) is 2. The number of aryl methyl sites for hydroxylation is 1. The average molecular weight is 433 g/mol. The second kappa shape index (κ2) is 9.49. The van der Waals surface area contributed by atoms with E-state index in [-0.39, 0.29) is 6.61 Å². The molecule has 150 valence electrons. The zero-order valence-electron chi connectivity index (χ0n) is 15.7. The maximum Gasteiger partial charge on any atom is 0.277 e. The number of rotatable bonds is 7. The maximum absolute atomic E-state index is 11.8. The van der Waals surface area contributed by atoms with Crippen LogP contribution < -0.4 is 14.9 Å². The van der Waals surface area contributed by atoms with Crippen molar-refractivity contribution >= 4 is 35.3 Å². The number of hydrazone groups is 1. The van der Waals surface area contributed by atoms with Gasteiger partial charge < -0.3 is 13.9 Å². The number of carbonyl (C=O) groups is 1. The Kier molecular flexibility index (Phi) is 6.80. The van der Waals surface area contributed by atoms with Crippen LogP contribution in [0.25, 0.3) is 11.3 Å². The normalized spacial score (nSPS) is 10.9. The van der Waals surface area contributed by atoms with Crippen LogP contribution in [-0.4, -0.2) is 25.8 Å². The van der Waals surface area contributed by atoms with E-state index < -0.39 is 5.91 Å². The van der Waals surface area contributed by atoms with E-state index in [1.165, 1.54) is 6.21 Å². The number of halogens is 2. The summed E-state index contributed by atoms with van der Waals surface area (Å²) in [5.41, 5.74) is 4.05. The van der Waals surface area contributed by atoms with E-state index in [0.717, 1.165) is 11.1 Å². The first-order chi connectivity index (χ1) is 14.0. The first kappa shape index (κ1) is 20.8. The lowest BCUT2D eigenvalue weighted by atomic mass is 10.2. The highest BCUT2D eigenvalue weighted by molar-refractivity contribution is 6.32. The summed E-state index contributed by atoms with van der Waals surface area (Å²) < 4.78 is 16.2. The van der Waals surface area contributed by atoms with Gasteiger partial charge in [0.2, 0.25) is 0 Å². The zero-order chi connectivity index (χ0) is 20.8. The molecule has 0 aliphatic rings. The number of furan rings is 1. The lowest BCUT2D eigenvalue weighted by Crippen LogP contribution is -2.24. The van der Waals surface area contributed by atoms with Crippen molar-refractivity contribution in [1.82, 2.24) is 5.43 Å². The standard InChI is InChI=1S/C21H18Cl2N2O4/c1-13-9-15(4-6-17(13)22)28-12-21(26)25-24-11-16-5-8-19(29-16)14-3-7-20(27-2)18(23)10-14/h3-11H,12H2,1-2H3,(H,25,26)/b24-11+. The predicted octanol–water partition coefficient (Wildman–Crippen LogP) is 5.10. The van der Waals surface area contributed by atoms with E-state index in [4.69, 9.17) is 37.1 Å². The molecular formula is C21H18Cl2N2O4. The quantitative estimate of drug-likeness (QED) is 0.416. The average Bonchev–Trinajstić information content (AvgIpc) is 3.18. The minimum Gasteiger partial charge on any atom is -0.495 e. The molecule has 1 aromatic heterocycles. The molecule has 3 aromatic rings. The third kappa shape index (κ3) is 5.53. The van der Waals surface area contributed by atoms with Gasteiger partial charge in [0.1, 0.15) is 23.0 Å². The Morgan fingerprint density at radius 1 is 1.14 bits per heavy atom. The van der Waals surface area contributed by atoms with Crippen LogP contribution in [0, 0.1) is 6.92 Å². The molecule has 1 N–H and O–H groups in total. The smallest absolute Gasteiger partial charge is 0.277 e. The number of amides is 1. The van der Waals surface area contributed by atoms with Crippen LogP contribution in [0.4, 0.5) is 0 Å². The number of methoxy groups -OCH3 is 1. The molecule has 1 amide bonds. The van der Waals surface area contributed by atoms with Gasteiger partial charge in [-0.15, -0.1) is 0 Å². The molecular weight excluding hydrogens is 415 g/mol. The summed E-state index contributed by atoms with van der Waals surface area (Å²) in [6.45, 7) is 1.68. The van der Waals surface area contributed by atoms with E-state index >= 15 is 0 Å². The van der Waals surface area contributed by atoms with E-state index in [2.05, 4.69) is 10.5 Å². The molecule has 0 aliphatic heterocycles. The van der Waals surface area contributed by atoms with E-state index in [1.807, 2.05) is 13.0 Å². The van der Waals surface area contributed by atoms with Gasteiger partial charge in [0.25, 0.3) is 5.91 Å². The molecule has 0 saturated carbocycles. The van der Waals surface area contributed by atoms with Gasteiger partial charge in [0.15, 0.2) is 6.61 Å². The number of nitrogens with one attached hydrogen (secondary N) is 1. The summed E-state index contributed by atoms with van der Waals surface area (Å²) in [6, 6.07) is 14.0. The predicted molar refractivity (Wildman–Crippen MR) is 113 cm³/mol. The molecule has 3 rings (SSSR count). The maximum atomic E-state index is 11.8. The van der Waals surface area contributed by atoms with Crippen LogP contribution in [0.15, 0.2) is 58.0 Å². The molecule has 0 spiro atoms. The van der Waals surface area contributed by atoms with Crippen LogP contribution in [0.1, 0.15) is 11.3 Å². The summed E-state index contributed by atoms with van der Waals surface area (Å²) in [7, 11) is 1.55. The van der Waals surface area contributed by atoms with Crippen molar-refractivity contribution in [2.45, 2.75) is 6.92 Å². The molecule has 0 fully saturated rings. The molecule has 1 heterocycles. The molecule has 0 unspecified atom stereocenters. The highest BCUT2D eigenvalue weighted by atomic mass is 35.5. The zero-order valence-corrected chi connectivity index (χ0v) is 17.3.